The van der Waals surface area contributed by atoms with Crippen LogP contribution in [0.1, 0.15) is 62.6 Å². The molecule has 3 atom stereocenters. The molecule has 8 nitrogen and oxygen atoms in total. The van der Waals surface area contributed by atoms with Crippen LogP contribution in [0.3, 0.4) is 0 Å². The molecule has 0 unspecified atom stereocenters. The maximum Gasteiger partial charge on any atom is 0.328 e. The summed E-state index contributed by atoms with van der Waals surface area (Å²) in [7, 11) is 1.38. The number of carbonyl (C=O) groups is 2. The van der Waals surface area contributed by atoms with Gasteiger partial charge in [-0.05, 0) is 67.5 Å². The van der Waals surface area contributed by atoms with E-state index in [-0.39, 0.29) is 17.9 Å². The number of fused-ring (bicyclic) bond motifs is 5. The van der Waals surface area contributed by atoms with Crippen molar-refractivity contribution in [2.75, 3.05) is 19.0 Å². The number of ether oxygens (including phenoxy) is 2. The molecule has 0 radical (unpaired) electrons. The average molecular weight is 549 g/mol. The lowest BCUT2D eigenvalue weighted by atomic mass is 9.83. The Balaban J connectivity index is 1.37. The number of anilines is 1. The first-order valence-corrected chi connectivity index (χ1v) is 15.1. The molecule has 3 aromatic rings. The van der Waals surface area contributed by atoms with Crippen molar-refractivity contribution in [1.82, 2.24) is 14.9 Å². The summed E-state index contributed by atoms with van der Waals surface area (Å²) < 4.78 is 11.6. The van der Waals surface area contributed by atoms with Gasteiger partial charge in [-0.15, -0.1) is 11.3 Å². The van der Waals surface area contributed by atoms with Crippen molar-refractivity contribution in [3.05, 3.63) is 47.1 Å². The number of carbonyl (C=O) groups excluding carboxylic acids is 2. The smallest absolute Gasteiger partial charge is 0.328 e. The number of pyridine rings is 1. The predicted octanol–water partition coefficient (Wildman–Crippen LogP) is 5.15. The number of aromatic nitrogens is 2. The van der Waals surface area contributed by atoms with E-state index in [0.717, 1.165) is 73.0 Å². The predicted molar refractivity (Wildman–Crippen MR) is 151 cm³/mol. The summed E-state index contributed by atoms with van der Waals surface area (Å²) in [6.45, 7) is 0.310. The molecule has 39 heavy (non-hydrogen) atoms. The number of aryl methyl sites for hydroxylation is 2. The summed E-state index contributed by atoms with van der Waals surface area (Å²) in [4.78, 5) is 38.2. The molecule has 3 aliphatic rings. The number of benzene rings is 1. The molecule has 1 amide bonds. The molecular weight excluding hydrogens is 512 g/mol. The van der Waals surface area contributed by atoms with E-state index in [1.165, 1.54) is 19.1 Å². The first-order valence-electron chi connectivity index (χ1n) is 14.2. The summed E-state index contributed by atoms with van der Waals surface area (Å²) >= 11 is 1.56. The highest BCUT2D eigenvalue weighted by Crippen LogP contribution is 2.34. The minimum atomic E-state index is -0.695. The van der Waals surface area contributed by atoms with Crippen LogP contribution in [0.2, 0.25) is 0 Å². The molecule has 1 saturated heterocycles. The van der Waals surface area contributed by atoms with Crippen LogP contribution < -0.4 is 10.1 Å². The Morgan fingerprint density at radius 3 is 2.82 bits per heavy atom. The van der Waals surface area contributed by atoms with Gasteiger partial charge in [0, 0.05) is 23.4 Å². The SMILES string of the molecule is COC(=O)[C@@H]1C[C@@H]2CN1C(=O)[C@H](C1CCCCC1)Nc1nc(cs1)CCCCc1ccc3ccnc(c3c1)O2. The molecule has 2 aromatic heterocycles. The maximum absolute atomic E-state index is 14.2. The molecular formula is C30H36N4O4S. The summed E-state index contributed by atoms with van der Waals surface area (Å²) in [5.41, 5.74) is 2.30. The Bertz CT molecular complexity index is 1340. The van der Waals surface area contributed by atoms with Gasteiger partial charge in [0.25, 0.3) is 0 Å². The van der Waals surface area contributed by atoms with E-state index in [2.05, 4.69) is 33.9 Å². The number of thiazole rings is 1. The van der Waals surface area contributed by atoms with Gasteiger partial charge in [-0.1, -0.05) is 31.4 Å². The van der Waals surface area contributed by atoms with Crippen molar-refractivity contribution >= 4 is 39.1 Å². The number of hydrogen-bond acceptors (Lipinski definition) is 8. The van der Waals surface area contributed by atoms with Crippen LogP contribution in [0.15, 0.2) is 35.8 Å². The van der Waals surface area contributed by atoms with E-state index < -0.39 is 18.1 Å². The minimum absolute atomic E-state index is 0.0746. The maximum atomic E-state index is 14.2. The second-order valence-electron chi connectivity index (χ2n) is 11.0. The fraction of sp³-hybridized carbons (Fsp3) is 0.533. The quantitative estimate of drug-likeness (QED) is 0.443. The molecule has 206 valence electrons. The molecule has 2 aliphatic heterocycles. The lowest BCUT2D eigenvalue weighted by molar-refractivity contribution is -0.151. The van der Waals surface area contributed by atoms with E-state index in [9.17, 15) is 9.59 Å². The van der Waals surface area contributed by atoms with Gasteiger partial charge >= 0.3 is 5.97 Å². The summed E-state index contributed by atoms with van der Waals surface area (Å²) in [6.07, 6.45) is 11.1. The molecule has 2 fully saturated rings. The van der Waals surface area contributed by atoms with Gasteiger partial charge in [-0.3, -0.25) is 4.79 Å². The van der Waals surface area contributed by atoms with Crippen molar-refractivity contribution in [2.24, 2.45) is 5.92 Å². The van der Waals surface area contributed by atoms with E-state index in [1.807, 2.05) is 6.07 Å². The number of amides is 1. The molecule has 0 spiro atoms. The number of esters is 1. The van der Waals surface area contributed by atoms with Gasteiger partial charge in [0.2, 0.25) is 11.8 Å². The lowest BCUT2D eigenvalue weighted by Crippen LogP contribution is -2.51. The van der Waals surface area contributed by atoms with Gasteiger partial charge in [0.15, 0.2) is 5.13 Å². The van der Waals surface area contributed by atoms with Gasteiger partial charge in [-0.2, -0.15) is 0 Å². The van der Waals surface area contributed by atoms with Crippen molar-refractivity contribution in [2.45, 2.75) is 82.4 Å². The number of methoxy groups -OCH3 is 1. The molecule has 4 heterocycles. The summed E-state index contributed by atoms with van der Waals surface area (Å²) in [6, 6.07) is 7.31. The van der Waals surface area contributed by atoms with Crippen LogP contribution in [-0.2, 0) is 27.2 Å². The summed E-state index contributed by atoms with van der Waals surface area (Å²) in [5, 5.41) is 8.41. The molecule has 1 aromatic carbocycles. The zero-order valence-corrected chi connectivity index (χ0v) is 23.3. The standard InChI is InChI=1S/C30H36N4O4S/c1-37-29(36)25-16-23-17-34(25)28(35)26(21-8-3-2-4-9-21)33-30-32-22(18-39-30)10-6-5-7-19-11-12-20-13-14-31-27(38-23)24(20)15-19/h11-15,18,21,23,25-26H,2-10,16-17H2,1H3,(H,32,33)/t23-,25+,26+/m1/s1. The minimum Gasteiger partial charge on any atom is -0.472 e. The van der Waals surface area contributed by atoms with Crippen molar-refractivity contribution in [3.8, 4) is 5.88 Å². The largest absolute Gasteiger partial charge is 0.472 e. The molecule has 9 heteroatoms. The van der Waals surface area contributed by atoms with Crippen LogP contribution in [0.5, 0.6) is 5.88 Å². The van der Waals surface area contributed by atoms with Crippen molar-refractivity contribution in [3.63, 3.8) is 0 Å². The van der Waals surface area contributed by atoms with E-state index >= 15 is 0 Å². The van der Waals surface area contributed by atoms with Crippen LogP contribution >= 0.6 is 11.3 Å². The lowest BCUT2D eigenvalue weighted by Gasteiger charge is -2.34. The fourth-order valence-corrected chi connectivity index (χ4v) is 7.15. The van der Waals surface area contributed by atoms with Crippen LogP contribution in [0.25, 0.3) is 10.8 Å². The third-order valence-corrected chi connectivity index (χ3v) is 9.28. The van der Waals surface area contributed by atoms with Gasteiger partial charge < -0.3 is 19.7 Å². The zero-order chi connectivity index (χ0) is 26.8. The summed E-state index contributed by atoms with van der Waals surface area (Å²) in [5.74, 6) is 0.261. The molecule has 1 aliphatic carbocycles. The van der Waals surface area contributed by atoms with E-state index in [0.29, 0.717) is 18.8 Å². The third kappa shape index (κ3) is 5.60. The van der Waals surface area contributed by atoms with Gasteiger partial charge in [-0.25, -0.2) is 14.8 Å². The Morgan fingerprint density at radius 2 is 1.97 bits per heavy atom. The van der Waals surface area contributed by atoms with E-state index in [1.54, 1.807) is 22.4 Å². The third-order valence-electron chi connectivity index (χ3n) is 8.46. The molecule has 1 saturated carbocycles. The second kappa shape index (κ2) is 11.5. The highest BCUT2D eigenvalue weighted by Gasteiger charge is 2.45. The number of nitrogens with zero attached hydrogens (tertiary/aromatic N) is 3. The zero-order valence-electron chi connectivity index (χ0n) is 22.4. The van der Waals surface area contributed by atoms with Gasteiger partial charge in [0.05, 0.1) is 19.3 Å². The average Bonchev–Trinajstić information content (AvgIpc) is 3.60. The molecule has 6 rings (SSSR count). The molecule has 6 bridgehead atoms. The van der Waals surface area contributed by atoms with E-state index in [4.69, 9.17) is 14.5 Å². The van der Waals surface area contributed by atoms with Crippen molar-refractivity contribution < 1.29 is 19.1 Å². The fourth-order valence-electron chi connectivity index (χ4n) is 6.37. The highest BCUT2D eigenvalue weighted by atomic mass is 32.1. The molecule has 1 N–H and O–H groups in total. The number of hydrogen-bond donors (Lipinski definition) is 1. The first kappa shape index (κ1) is 26.0. The first-order chi connectivity index (χ1) is 19.1. The van der Waals surface area contributed by atoms with Crippen molar-refractivity contribution in [1.29, 1.82) is 0 Å². The van der Waals surface area contributed by atoms with Crippen LogP contribution in [0.4, 0.5) is 5.13 Å². The van der Waals surface area contributed by atoms with Crippen LogP contribution in [-0.4, -0.2) is 58.6 Å². The number of rotatable bonds is 2. The Kier molecular flexibility index (Phi) is 7.68. The highest BCUT2D eigenvalue weighted by molar-refractivity contribution is 7.13. The van der Waals surface area contributed by atoms with Gasteiger partial charge in [0.1, 0.15) is 18.2 Å². The van der Waals surface area contributed by atoms with Crippen LogP contribution in [0, 0.1) is 5.92 Å². The Hall–Kier alpha value is -3.20. The normalized spacial score (nSPS) is 24.6. The topological polar surface area (TPSA) is 93.7 Å². The Labute approximate surface area is 233 Å². The Morgan fingerprint density at radius 1 is 1.13 bits per heavy atom. The second-order valence-corrected chi connectivity index (χ2v) is 11.9. The number of nitrogens with one attached hydrogen (secondary N) is 1. The monoisotopic (exact) mass is 548 g/mol.